The van der Waals surface area contributed by atoms with Crippen molar-refractivity contribution in [3.8, 4) is 0 Å². The molecule has 25 heavy (non-hydrogen) atoms. The molecule has 0 fully saturated rings. The Balaban J connectivity index is 2.81. The molecule has 1 aromatic carbocycles. The second-order valence-corrected chi connectivity index (χ2v) is 6.16. The maximum absolute atomic E-state index is 12.0. The zero-order chi connectivity index (χ0) is 19.2. The third-order valence-corrected chi connectivity index (χ3v) is 4.74. The van der Waals surface area contributed by atoms with Gasteiger partial charge in [0.1, 0.15) is 0 Å². The van der Waals surface area contributed by atoms with Crippen molar-refractivity contribution >= 4 is 11.9 Å². The Kier molecular flexibility index (Phi) is 7.50. The Labute approximate surface area is 145 Å². The Hall–Kier alpha value is -2.00. The molecule has 3 unspecified atom stereocenters. The first-order valence-electron chi connectivity index (χ1n) is 7.77. The van der Waals surface area contributed by atoms with Crippen molar-refractivity contribution in [2.75, 3.05) is 19.8 Å². The average Bonchev–Trinajstić information content (AvgIpc) is 2.62. The van der Waals surface area contributed by atoms with Gasteiger partial charge in [0.05, 0.1) is 30.9 Å². The fourth-order valence-corrected chi connectivity index (χ4v) is 2.42. The highest BCUT2D eigenvalue weighted by Crippen LogP contribution is 2.34. The van der Waals surface area contributed by atoms with Gasteiger partial charge in [-0.1, -0.05) is 13.8 Å². The Morgan fingerprint density at radius 2 is 1.44 bits per heavy atom. The van der Waals surface area contributed by atoms with Crippen molar-refractivity contribution in [2.45, 2.75) is 20.1 Å². The second kappa shape index (κ2) is 8.91. The van der Waals surface area contributed by atoms with E-state index >= 15 is 0 Å². The summed E-state index contributed by atoms with van der Waals surface area (Å²) in [5.74, 6) is -3.22. The van der Waals surface area contributed by atoms with Gasteiger partial charge in [-0.3, -0.25) is 0 Å². The van der Waals surface area contributed by atoms with E-state index < -0.39 is 55.3 Å². The Morgan fingerprint density at radius 3 is 1.84 bits per heavy atom. The maximum atomic E-state index is 12.0. The number of aromatic carboxylic acids is 1. The van der Waals surface area contributed by atoms with E-state index in [1.54, 1.807) is 13.8 Å². The van der Waals surface area contributed by atoms with Crippen molar-refractivity contribution < 1.29 is 39.9 Å². The fourth-order valence-electron chi connectivity index (χ4n) is 2.42. The van der Waals surface area contributed by atoms with Crippen LogP contribution in [0, 0.1) is 17.3 Å². The number of aliphatic hydroxyl groups excluding tert-OH is 4. The predicted molar refractivity (Wildman–Crippen MR) is 86.8 cm³/mol. The summed E-state index contributed by atoms with van der Waals surface area (Å²) >= 11 is 0. The number of aliphatic hydroxyl groups is 4. The molecule has 0 aliphatic carbocycles. The lowest BCUT2D eigenvalue weighted by Crippen LogP contribution is -2.46. The standard InChI is InChI=1S/C17H24O8/c1-10(11(2)17(7-18,8-19)9-20)15(23)25-16(24)13-5-3-12(4-6-13)14(21)22/h3-6,10-11,15,18-20,23H,7-9H2,1-2H3,(H,21,22). The number of esters is 1. The van der Waals surface area contributed by atoms with E-state index in [9.17, 15) is 30.0 Å². The minimum atomic E-state index is -1.54. The highest BCUT2D eigenvalue weighted by Gasteiger charge is 2.40. The topological polar surface area (TPSA) is 145 Å². The number of carboxylic acids is 1. The number of benzene rings is 1. The van der Waals surface area contributed by atoms with Crippen LogP contribution in [0.1, 0.15) is 34.6 Å². The number of carboxylic acid groups (broad SMARTS) is 1. The van der Waals surface area contributed by atoms with Gasteiger partial charge in [-0.2, -0.15) is 0 Å². The van der Waals surface area contributed by atoms with Gasteiger partial charge in [-0.15, -0.1) is 0 Å². The molecule has 1 rings (SSSR count). The number of ether oxygens (including phenoxy) is 1. The molecule has 0 aliphatic rings. The molecule has 0 radical (unpaired) electrons. The van der Waals surface area contributed by atoms with Crippen LogP contribution in [-0.4, -0.2) is 63.6 Å². The molecule has 0 aromatic heterocycles. The maximum Gasteiger partial charge on any atom is 0.340 e. The molecule has 0 heterocycles. The van der Waals surface area contributed by atoms with Crippen LogP contribution < -0.4 is 0 Å². The molecule has 0 amide bonds. The van der Waals surface area contributed by atoms with E-state index in [1.165, 1.54) is 24.3 Å². The molecule has 5 N–H and O–H groups in total. The molecule has 0 bridgehead atoms. The van der Waals surface area contributed by atoms with Crippen LogP contribution in [0.25, 0.3) is 0 Å². The summed E-state index contributed by atoms with van der Waals surface area (Å²) in [5, 5.41) is 47.3. The summed E-state index contributed by atoms with van der Waals surface area (Å²) in [7, 11) is 0. The SMILES string of the molecule is CC(C(O)OC(=O)c1ccc(C(=O)O)cc1)C(C)C(CO)(CO)CO. The van der Waals surface area contributed by atoms with Crippen LogP contribution in [0.5, 0.6) is 0 Å². The number of rotatable bonds is 9. The van der Waals surface area contributed by atoms with E-state index in [0.29, 0.717) is 0 Å². The molecule has 0 spiro atoms. The smallest absolute Gasteiger partial charge is 0.340 e. The molecule has 3 atom stereocenters. The molecule has 8 heteroatoms. The van der Waals surface area contributed by atoms with E-state index in [-0.39, 0.29) is 11.1 Å². The lowest BCUT2D eigenvalue weighted by molar-refractivity contribution is -0.137. The van der Waals surface area contributed by atoms with Crippen molar-refractivity contribution in [1.82, 2.24) is 0 Å². The summed E-state index contributed by atoms with van der Waals surface area (Å²) in [5.41, 5.74) is -1.14. The summed E-state index contributed by atoms with van der Waals surface area (Å²) in [6.07, 6.45) is -1.54. The molecular weight excluding hydrogens is 332 g/mol. The molecule has 8 nitrogen and oxygen atoms in total. The lowest BCUT2D eigenvalue weighted by atomic mass is 9.72. The summed E-state index contributed by atoms with van der Waals surface area (Å²) < 4.78 is 4.97. The van der Waals surface area contributed by atoms with E-state index in [4.69, 9.17) is 9.84 Å². The molecule has 0 saturated carbocycles. The largest absolute Gasteiger partial charge is 0.478 e. The first kappa shape index (κ1) is 21.0. The van der Waals surface area contributed by atoms with Gasteiger partial charge in [-0.25, -0.2) is 9.59 Å². The van der Waals surface area contributed by atoms with Gasteiger partial charge < -0.3 is 30.3 Å². The Morgan fingerprint density at radius 1 is 1.00 bits per heavy atom. The van der Waals surface area contributed by atoms with Gasteiger partial charge in [0.15, 0.2) is 0 Å². The molecule has 0 aliphatic heterocycles. The second-order valence-electron chi connectivity index (χ2n) is 6.16. The third-order valence-electron chi connectivity index (χ3n) is 4.74. The Bertz CT molecular complexity index is 571. The van der Waals surface area contributed by atoms with Crippen LogP contribution >= 0.6 is 0 Å². The van der Waals surface area contributed by atoms with Crippen LogP contribution in [0.4, 0.5) is 0 Å². The predicted octanol–water partition coefficient (Wildman–Crippen LogP) is 0.0955. The van der Waals surface area contributed by atoms with Gasteiger partial charge in [0.2, 0.25) is 6.29 Å². The van der Waals surface area contributed by atoms with Gasteiger partial charge in [-0.05, 0) is 30.2 Å². The first-order valence-corrected chi connectivity index (χ1v) is 7.77. The molecule has 1 aromatic rings. The highest BCUT2D eigenvalue weighted by atomic mass is 16.6. The highest BCUT2D eigenvalue weighted by molar-refractivity contribution is 5.92. The van der Waals surface area contributed by atoms with Crippen LogP contribution in [0.15, 0.2) is 24.3 Å². The third kappa shape index (κ3) is 4.76. The van der Waals surface area contributed by atoms with Crippen LogP contribution in [-0.2, 0) is 4.74 Å². The number of carbonyl (C=O) groups is 2. The number of hydrogen-bond donors (Lipinski definition) is 5. The molecule has 140 valence electrons. The zero-order valence-electron chi connectivity index (χ0n) is 14.1. The fraction of sp³-hybridized carbons (Fsp3) is 0.529. The summed E-state index contributed by atoms with van der Waals surface area (Å²) in [4.78, 5) is 22.8. The van der Waals surface area contributed by atoms with Crippen LogP contribution in [0.2, 0.25) is 0 Å². The average molecular weight is 356 g/mol. The molecule has 0 saturated heterocycles. The van der Waals surface area contributed by atoms with Gasteiger partial charge >= 0.3 is 11.9 Å². The minimum absolute atomic E-state index is 0.0118. The van der Waals surface area contributed by atoms with Crippen LogP contribution in [0.3, 0.4) is 0 Å². The normalized spacial score (nSPS) is 15.3. The van der Waals surface area contributed by atoms with E-state index in [1.807, 2.05) is 0 Å². The molecular formula is C17H24O8. The van der Waals surface area contributed by atoms with Crippen molar-refractivity contribution in [2.24, 2.45) is 17.3 Å². The quantitative estimate of drug-likeness (QED) is 0.309. The van der Waals surface area contributed by atoms with Crippen molar-refractivity contribution in [3.63, 3.8) is 0 Å². The zero-order valence-corrected chi connectivity index (χ0v) is 14.1. The van der Waals surface area contributed by atoms with E-state index in [0.717, 1.165) is 0 Å². The lowest BCUT2D eigenvalue weighted by Gasteiger charge is -2.38. The van der Waals surface area contributed by atoms with E-state index in [2.05, 4.69) is 0 Å². The number of hydrogen-bond acceptors (Lipinski definition) is 7. The monoisotopic (exact) mass is 356 g/mol. The summed E-state index contributed by atoms with van der Waals surface area (Å²) in [6.45, 7) is 1.69. The number of carbonyl (C=O) groups excluding carboxylic acids is 1. The van der Waals surface area contributed by atoms with Gasteiger partial charge in [0.25, 0.3) is 0 Å². The van der Waals surface area contributed by atoms with Gasteiger partial charge in [0, 0.05) is 11.3 Å². The first-order chi connectivity index (χ1) is 11.7. The van der Waals surface area contributed by atoms with Crippen molar-refractivity contribution in [3.05, 3.63) is 35.4 Å². The summed E-state index contributed by atoms with van der Waals surface area (Å²) in [6, 6.07) is 5.02. The minimum Gasteiger partial charge on any atom is -0.478 e. The van der Waals surface area contributed by atoms with Crippen molar-refractivity contribution in [1.29, 1.82) is 0 Å².